The Labute approximate surface area is 211 Å². The maximum Gasteiger partial charge on any atom is 0.247 e. The third kappa shape index (κ3) is 4.40. The summed E-state index contributed by atoms with van der Waals surface area (Å²) in [4.78, 5) is 21.5. The zero-order valence-corrected chi connectivity index (χ0v) is 21.6. The number of fused-ring (bicyclic) bond motifs is 1. The molecule has 2 N–H and O–H groups in total. The average molecular weight is 539 g/mol. The number of rotatable bonds is 6. The molecule has 0 aliphatic heterocycles. The summed E-state index contributed by atoms with van der Waals surface area (Å²) in [6.07, 6.45) is 4.18. The fourth-order valence-corrected chi connectivity index (χ4v) is 4.94. The summed E-state index contributed by atoms with van der Waals surface area (Å²) in [5, 5.41) is 19.9. The Morgan fingerprint density at radius 2 is 2.03 bits per heavy atom. The molecular weight excluding hydrogens is 512 g/mol. The van der Waals surface area contributed by atoms with Gasteiger partial charge in [-0.1, -0.05) is 20.8 Å². The molecule has 4 aromatic rings. The van der Waals surface area contributed by atoms with Crippen molar-refractivity contribution in [1.82, 2.24) is 35.3 Å². The van der Waals surface area contributed by atoms with Crippen molar-refractivity contribution in [2.45, 2.75) is 52.0 Å². The summed E-state index contributed by atoms with van der Waals surface area (Å²) in [7, 11) is 1.68. The topological polar surface area (TPSA) is 124 Å². The number of aromatic nitrogens is 6. The Morgan fingerprint density at radius 1 is 1.26 bits per heavy atom. The highest BCUT2D eigenvalue weighted by Gasteiger charge is 2.41. The molecule has 2 atom stereocenters. The monoisotopic (exact) mass is 538 g/mol. The van der Waals surface area contributed by atoms with Crippen molar-refractivity contribution in [3.8, 4) is 17.1 Å². The first kappa shape index (κ1) is 23.4. The van der Waals surface area contributed by atoms with E-state index in [2.05, 4.69) is 46.8 Å². The number of nitrogens with one attached hydrogen (secondary N) is 2. The average Bonchev–Trinajstić information content (AvgIpc) is 3.57. The molecule has 1 fully saturated rings. The summed E-state index contributed by atoms with van der Waals surface area (Å²) < 4.78 is 8.19. The summed E-state index contributed by atoms with van der Waals surface area (Å²) in [5.74, 6) is 1.86. The molecule has 0 unspecified atom stereocenters. The Bertz CT molecular complexity index is 1380. The maximum absolute atomic E-state index is 12.3. The van der Waals surface area contributed by atoms with Crippen LogP contribution in [-0.4, -0.2) is 48.9 Å². The molecule has 0 spiro atoms. The second-order valence-corrected chi connectivity index (χ2v) is 10.3. The Kier molecular flexibility index (Phi) is 6.04. The standard InChI is InChI=1S/C24H27BrN8O2/c1-13(2)20-30-31-21(35-20)14-5-7-16(8-6-14)33-19-17(18(25)32-33)12-27-23(29-19)28-15-9-10-24(3,11-15)22(34)26-4/h5-8,12-13,15H,9-11H2,1-4H3,(H,26,34)(H,27,28,29)/t15-,24-/m1/s1. The minimum Gasteiger partial charge on any atom is -0.420 e. The van der Waals surface area contributed by atoms with Crippen molar-refractivity contribution >= 4 is 38.8 Å². The van der Waals surface area contributed by atoms with Gasteiger partial charge in [0.2, 0.25) is 23.6 Å². The highest BCUT2D eigenvalue weighted by atomic mass is 79.9. The molecular formula is C24H27BrN8O2. The number of benzene rings is 1. The largest absolute Gasteiger partial charge is 0.420 e. The second kappa shape index (κ2) is 9.03. The molecule has 3 aromatic heterocycles. The number of hydrogen-bond donors (Lipinski definition) is 2. The van der Waals surface area contributed by atoms with E-state index in [1.165, 1.54) is 0 Å². The molecule has 5 rings (SSSR count). The number of hydrogen-bond acceptors (Lipinski definition) is 8. The molecule has 1 amide bonds. The van der Waals surface area contributed by atoms with Gasteiger partial charge in [0.15, 0.2) is 5.65 Å². The quantitative estimate of drug-likeness (QED) is 0.368. The van der Waals surface area contributed by atoms with Crippen molar-refractivity contribution < 1.29 is 9.21 Å². The summed E-state index contributed by atoms with van der Waals surface area (Å²) in [5.41, 5.74) is 1.97. The third-order valence-electron chi connectivity index (χ3n) is 6.52. The van der Waals surface area contributed by atoms with E-state index in [1.54, 1.807) is 17.9 Å². The number of carbonyl (C=O) groups is 1. The van der Waals surface area contributed by atoms with E-state index >= 15 is 0 Å². The van der Waals surface area contributed by atoms with Crippen LogP contribution in [-0.2, 0) is 4.79 Å². The third-order valence-corrected chi connectivity index (χ3v) is 7.11. The van der Waals surface area contributed by atoms with Crippen LogP contribution in [0.2, 0.25) is 0 Å². The number of nitrogens with zero attached hydrogens (tertiary/aromatic N) is 6. The summed E-state index contributed by atoms with van der Waals surface area (Å²) in [6, 6.07) is 7.85. The molecule has 0 saturated heterocycles. The van der Waals surface area contributed by atoms with Gasteiger partial charge in [-0.05, 0) is 59.5 Å². The van der Waals surface area contributed by atoms with Crippen LogP contribution in [0.5, 0.6) is 0 Å². The van der Waals surface area contributed by atoms with Crippen molar-refractivity contribution in [1.29, 1.82) is 0 Å². The van der Waals surface area contributed by atoms with Gasteiger partial charge >= 0.3 is 0 Å². The Morgan fingerprint density at radius 3 is 2.71 bits per heavy atom. The van der Waals surface area contributed by atoms with Crippen molar-refractivity contribution in [2.75, 3.05) is 12.4 Å². The van der Waals surface area contributed by atoms with Crippen LogP contribution < -0.4 is 10.6 Å². The molecule has 10 nitrogen and oxygen atoms in total. The molecule has 0 radical (unpaired) electrons. The van der Waals surface area contributed by atoms with Gasteiger partial charge < -0.3 is 15.1 Å². The van der Waals surface area contributed by atoms with Gasteiger partial charge in [0.05, 0.1) is 11.1 Å². The van der Waals surface area contributed by atoms with Crippen LogP contribution >= 0.6 is 15.9 Å². The summed E-state index contributed by atoms with van der Waals surface area (Å²) in [6.45, 7) is 6.03. The van der Waals surface area contributed by atoms with E-state index in [-0.39, 0.29) is 23.3 Å². The molecule has 11 heteroatoms. The van der Waals surface area contributed by atoms with Crippen molar-refractivity contribution in [2.24, 2.45) is 5.41 Å². The number of amides is 1. The van der Waals surface area contributed by atoms with E-state index in [0.717, 1.165) is 35.9 Å². The lowest BCUT2D eigenvalue weighted by molar-refractivity contribution is -0.129. The van der Waals surface area contributed by atoms with Crippen LogP contribution in [0, 0.1) is 5.41 Å². The van der Waals surface area contributed by atoms with Crippen molar-refractivity contribution in [3.63, 3.8) is 0 Å². The van der Waals surface area contributed by atoms with Gasteiger partial charge in [-0.25, -0.2) is 9.67 Å². The van der Waals surface area contributed by atoms with E-state index in [0.29, 0.717) is 28.0 Å². The summed E-state index contributed by atoms with van der Waals surface area (Å²) >= 11 is 3.52. The molecule has 1 saturated carbocycles. The van der Waals surface area contributed by atoms with E-state index in [4.69, 9.17) is 9.40 Å². The van der Waals surface area contributed by atoms with E-state index < -0.39 is 0 Å². The lowest BCUT2D eigenvalue weighted by Gasteiger charge is -2.22. The lowest BCUT2D eigenvalue weighted by atomic mass is 9.87. The number of halogens is 1. The predicted molar refractivity (Wildman–Crippen MR) is 135 cm³/mol. The molecule has 1 aromatic carbocycles. The highest BCUT2D eigenvalue weighted by molar-refractivity contribution is 9.10. The first-order chi connectivity index (χ1) is 16.8. The molecule has 182 valence electrons. The number of carbonyl (C=O) groups excluding carboxylic acids is 1. The van der Waals surface area contributed by atoms with E-state index in [9.17, 15) is 4.79 Å². The molecule has 3 heterocycles. The van der Waals surface area contributed by atoms with Gasteiger partial charge in [0, 0.05) is 36.2 Å². The fourth-order valence-electron chi connectivity index (χ4n) is 4.50. The van der Waals surface area contributed by atoms with Crippen LogP contribution in [0.15, 0.2) is 39.5 Å². The van der Waals surface area contributed by atoms with Gasteiger partial charge in [-0.2, -0.15) is 10.1 Å². The highest BCUT2D eigenvalue weighted by Crippen LogP contribution is 2.39. The second-order valence-electron chi connectivity index (χ2n) is 9.50. The first-order valence-electron chi connectivity index (χ1n) is 11.6. The molecule has 35 heavy (non-hydrogen) atoms. The van der Waals surface area contributed by atoms with Gasteiger partial charge in [0.25, 0.3) is 0 Å². The normalized spacial score (nSPS) is 20.0. The van der Waals surface area contributed by atoms with Crippen molar-refractivity contribution in [3.05, 3.63) is 41.0 Å². The SMILES string of the molecule is CNC(=O)[C@]1(C)CC[C@@H](Nc2ncc3c(Br)nn(-c4ccc(-c5nnc(C(C)C)o5)cc4)c3n2)C1. The van der Waals surface area contributed by atoms with Gasteiger partial charge in [0.1, 0.15) is 4.60 Å². The number of anilines is 1. The van der Waals surface area contributed by atoms with Gasteiger partial charge in [-0.15, -0.1) is 10.2 Å². The smallest absolute Gasteiger partial charge is 0.247 e. The lowest BCUT2D eigenvalue weighted by Crippen LogP contribution is -2.35. The molecule has 1 aliphatic carbocycles. The first-order valence-corrected chi connectivity index (χ1v) is 12.4. The van der Waals surface area contributed by atoms with Crippen LogP contribution in [0.25, 0.3) is 28.2 Å². The molecule has 0 bridgehead atoms. The van der Waals surface area contributed by atoms with Gasteiger partial charge in [-0.3, -0.25) is 4.79 Å². The van der Waals surface area contributed by atoms with Crippen LogP contribution in [0.3, 0.4) is 0 Å². The Balaban J connectivity index is 1.40. The minimum atomic E-state index is -0.378. The predicted octanol–water partition coefficient (Wildman–Crippen LogP) is 4.47. The zero-order chi connectivity index (χ0) is 24.7. The Hall–Kier alpha value is -3.34. The van der Waals surface area contributed by atoms with E-state index in [1.807, 2.05) is 45.0 Å². The van der Waals surface area contributed by atoms with Crippen LogP contribution in [0.1, 0.15) is 51.8 Å². The molecule has 1 aliphatic rings. The minimum absolute atomic E-state index is 0.0737. The fraction of sp³-hybridized carbons (Fsp3) is 0.417. The maximum atomic E-state index is 12.3. The zero-order valence-electron chi connectivity index (χ0n) is 20.0. The van der Waals surface area contributed by atoms with Crippen LogP contribution in [0.4, 0.5) is 5.95 Å².